The van der Waals surface area contributed by atoms with Crippen LogP contribution in [0.5, 0.6) is 5.75 Å². The number of rotatable bonds is 5. The van der Waals surface area contributed by atoms with Crippen molar-refractivity contribution in [2.24, 2.45) is 0 Å². The van der Waals surface area contributed by atoms with Crippen LogP contribution in [-0.2, 0) is 16.6 Å². The molecule has 0 saturated heterocycles. The summed E-state index contributed by atoms with van der Waals surface area (Å²) in [5, 5.41) is 0. The molecule has 1 N–H and O–H groups in total. The molecule has 0 fully saturated rings. The van der Waals surface area contributed by atoms with Crippen molar-refractivity contribution in [3.8, 4) is 5.75 Å². The summed E-state index contributed by atoms with van der Waals surface area (Å²) in [6.45, 7) is -0.475. The molecule has 0 saturated carbocycles. The lowest BCUT2D eigenvalue weighted by atomic mass is 10.1. The summed E-state index contributed by atoms with van der Waals surface area (Å²) < 4.78 is 69.8. The van der Waals surface area contributed by atoms with Crippen LogP contribution in [0.25, 0.3) is 0 Å². The third-order valence-electron chi connectivity index (χ3n) is 2.88. The normalized spacial score (nSPS) is 11.2. The SMILES string of the molecule is CS(=O)(=O)NC(=O)c1cc(F)c(COc2ccccc2F)cc1F. The predicted octanol–water partition coefficient (Wildman–Crippen LogP) is 2.37. The standard InChI is InChI=1S/C15H12F3NO4S/c1-24(21,22)19-15(20)10-7-12(17)9(6-13(10)18)8-23-14-5-3-2-4-11(14)16/h2-7H,8H2,1H3,(H,19,20). The lowest BCUT2D eigenvalue weighted by Crippen LogP contribution is -2.30. The second kappa shape index (κ2) is 6.91. The van der Waals surface area contributed by atoms with E-state index in [-0.39, 0.29) is 11.3 Å². The number of amides is 1. The number of hydrogen-bond donors (Lipinski definition) is 1. The monoisotopic (exact) mass is 359 g/mol. The fourth-order valence-corrected chi connectivity index (χ4v) is 2.26. The van der Waals surface area contributed by atoms with Gasteiger partial charge in [-0.05, 0) is 24.3 Å². The fraction of sp³-hybridized carbons (Fsp3) is 0.133. The van der Waals surface area contributed by atoms with E-state index in [2.05, 4.69) is 0 Å². The van der Waals surface area contributed by atoms with Crippen LogP contribution in [0.4, 0.5) is 13.2 Å². The van der Waals surface area contributed by atoms with Gasteiger partial charge in [0.15, 0.2) is 11.6 Å². The average Bonchev–Trinajstić information content (AvgIpc) is 2.47. The molecule has 1 amide bonds. The highest BCUT2D eigenvalue weighted by Crippen LogP contribution is 2.20. The van der Waals surface area contributed by atoms with Gasteiger partial charge in [-0.1, -0.05) is 12.1 Å². The van der Waals surface area contributed by atoms with Crippen LogP contribution in [0.15, 0.2) is 36.4 Å². The van der Waals surface area contributed by atoms with Crippen LogP contribution in [-0.4, -0.2) is 20.6 Å². The molecule has 2 aromatic carbocycles. The quantitative estimate of drug-likeness (QED) is 0.890. The zero-order valence-corrected chi connectivity index (χ0v) is 13.2. The summed E-state index contributed by atoms with van der Waals surface area (Å²) >= 11 is 0. The molecule has 0 unspecified atom stereocenters. The van der Waals surface area contributed by atoms with Crippen molar-refractivity contribution in [2.75, 3.05) is 6.26 Å². The lowest BCUT2D eigenvalue weighted by Gasteiger charge is -2.10. The highest BCUT2D eigenvalue weighted by atomic mass is 32.2. The molecule has 24 heavy (non-hydrogen) atoms. The molecule has 0 aliphatic heterocycles. The number of ether oxygens (including phenoxy) is 1. The smallest absolute Gasteiger partial charge is 0.267 e. The first-order valence-electron chi connectivity index (χ1n) is 6.55. The van der Waals surface area contributed by atoms with E-state index in [9.17, 15) is 26.4 Å². The Labute approximate surface area is 136 Å². The molecule has 0 heterocycles. The van der Waals surface area contributed by atoms with Gasteiger partial charge in [-0.3, -0.25) is 4.79 Å². The summed E-state index contributed by atoms with van der Waals surface area (Å²) in [6, 6.07) is 6.65. The Balaban J connectivity index is 2.21. The van der Waals surface area contributed by atoms with Crippen molar-refractivity contribution in [1.29, 1.82) is 0 Å². The second-order valence-electron chi connectivity index (χ2n) is 4.85. The van der Waals surface area contributed by atoms with Gasteiger partial charge in [-0.25, -0.2) is 26.3 Å². The number of para-hydroxylation sites is 1. The Morgan fingerprint density at radius 1 is 1.08 bits per heavy atom. The van der Waals surface area contributed by atoms with Crippen molar-refractivity contribution in [3.63, 3.8) is 0 Å². The minimum Gasteiger partial charge on any atom is -0.486 e. The molecular weight excluding hydrogens is 347 g/mol. The van der Waals surface area contributed by atoms with Crippen LogP contribution in [0, 0.1) is 17.5 Å². The highest BCUT2D eigenvalue weighted by molar-refractivity contribution is 7.89. The largest absolute Gasteiger partial charge is 0.486 e. The number of carbonyl (C=O) groups excluding carboxylic acids is 1. The first kappa shape index (κ1) is 17.8. The molecule has 2 aromatic rings. The Bertz CT molecular complexity index is 884. The zero-order chi connectivity index (χ0) is 17.9. The van der Waals surface area contributed by atoms with Gasteiger partial charge in [0.1, 0.15) is 18.2 Å². The fourth-order valence-electron chi connectivity index (χ4n) is 1.81. The van der Waals surface area contributed by atoms with E-state index in [1.54, 1.807) is 0 Å². The molecule has 0 atom stereocenters. The minimum atomic E-state index is -3.92. The van der Waals surface area contributed by atoms with Gasteiger partial charge in [0.25, 0.3) is 5.91 Å². The minimum absolute atomic E-state index is 0.142. The van der Waals surface area contributed by atoms with Crippen LogP contribution in [0.1, 0.15) is 15.9 Å². The zero-order valence-electron chi connectivity index (χ0n) is 12.3. The Morgan fingerprint density at radius 3 is 2.38 bits per heavy atom. The van der Waals surface area contributed by atoms with E-state index in [4.69, 9.17) is 4.74 Å². The highest BCUT2D eigenvalue weighted by Gasteiger charge is 2.19. The Kier molecular flexibility index (Phi) is 5.13. The maximum Gasteiger partial charge on any atom is 0.267 e. The molecule has 0 spiro atoms. The molecular formula is C15H12F3NO4S. The summed E-state index contributed by atoms with van der Waals surface area (Å²) in [4.78, 5) is 11.6. The van der Waals surface area contributed by atoms with E-state index in [1.165, 1.54) is 22.9 Å². The number of carbonyl (C=O) groups is 1. The van der Waals surface area contributed by atoms with E-state index >= 15 is 0 Å². The van der Waals surface area contributed by atoms with Crippen LogP contribution in [0.3, 0.4) is 0 Å². The van der Waals surface area contributed by atoms with Crippen LogP contribution < -0.4 is 9.46 Å². The van der Waals surface area contributed by atoms with Crippen molar-refractivity contribution in [3.05, 3.63) is 65.0 Å². The van der Waals surface area contributed by atoms with Crippen LogP contribution in [0.2, 0.25) is 0 Å². The number of benzene rings is 2. The summed E-state index contributed by atoms with van der Waals surface area (Å²) in [6.07, 6.45) is 0.704. The average molecular weight is 359 g/mol. The number of nitrogens with one attached hydrogen (secondary N) is 1. The van der Waals surface area contributed by atoms with Gasteiger partial charge in [0, 0.05) is 5.56 Å². The number of hydrogen-bond acceptors (Lipinski definition) is 4. The number of halogens is 3. The molecule has 0 aliphatic rings. The lowest BCUT2D eigenvalue weighted by molar-refractivity contribution is 0.0977. The van der Waals surface area contributed by atoms with Crippen LogP contribution >= 0.6 is 0 Å². The van der Waals surface area contributed by atoms with E-state index < -0.39 is 45.6 Å². The van der Waals surface area contributed by atoms with Gasteiger partial charge in [0.2, 0.25) is 10.0 Å². The topological polar surface area (TPSA) is 72.5 Å². The summed E-state index contributed by atoms with van der Waals surface area (Å²) in [7, 11) is -3.92. The first-order valence-corrected chi connectivity index (χ1v) is 8.44. The second-order valence-corrected chi connectivity index (χ2v) is 6.59. The van der Waals surface area contributed by atoms with Gasteiger partial charge >= 0.3 is 0 Å². The van der Waals surface area contributed by atoms with Gasteiger partial charge in [-0.2, -0.15) is 0 Å². The molecule has 2 rings (SSSR count). The van der Waals surface area contributed by atoms with Crippen molar-refractivity contribution < 1.29 is 31.1 Å². The van der Waals surface area contributed by atoms with Gasteiger partial charge < -0.3 is 4.74 Å². The molecule has 5 nitrogen and oxygen atoms in total. The molecule has 128 valence electrons. The van der Waals surface area contributed by atoms with Crippen molar-refractivity contribution in [2.45, 2.75) is 6.61 Å². The van der Waals surface area contributed by atoms with Gasteiger partial charge in [0.05, 0.1) is 11.8 Å². The van der Waals surface area contributed by atoms with Crippen molar-refractivity contribution in [1.82, 2.24) is 4.72 Å². The molecule has 0 aromatic heterocycles. The van der Waals surface area contributed by atoms with Gasteiger partial charge in [-0.15, -0.1) is 0 Å². The summed E-state index contributed by atoms with van der Waals surface area (Å²) in [5.74, 6) is -4.23. The maximum atomic E-state index is 14.0. The molecule has 0 bridgehead atoms. The maximum absolute atomic E-state index is 14.0. The Hall–Kier alpha value is -2.55. The van der Waals surface area contributed by atoms with Crippen molar-refractivity contribution >= 4 is 15.9 Å². The van der Waals surface area contributed by atoms with E-state index in [0.717, 1.165) is 6.07 Å². The Morgan fingerprint density at radius 2 is 1.75 bits per heavy atom. The summed E-state index contributed by atoms with van der Waals surface area (Å²) in [5.41, 5.74) is -1.03. The third-order valence-corrected chi connectivity index (χ3v) is 3.43. The molecule has 0 aliphatic carbocycles. The molecule has 0 radical (unpaired) electrons. The van der Waals surface area contributed by atoms with E-state index in [0.29, 0.717) is 18.4 Å². The van der Waals surface area contributed by atoms with E-state index in [1.807, 2.05) is 0 Å². The molecule has 9 heteroatoms. The third kappa shape index (κ3) is 4.48. The number of sulfonamides is 1. The predicted molar refractivity (Wildman–Crippen MR) is 79.4 cm³/mol. The first-order chi connectivity index (χ1) is 11.2.